The maximum absolute atomic E-state index is 16.6. The molecule has 0 amide bonds. The second-order valence-electron chi connectivity index (χ2n) is 14.0. The molecule has 52 heavy (non-hydrogen) atoms. The maximum Gasteiger partial charge on any atom is 0.308 e. The van der Waals surface area contributed by atoms with Gasteiger partial charge in [0.1, 0.15) is 6.61 Å². The Hall–Kier alpha value is -4.10. The quantitative estimate of drug-likeness (QED) is 0.105. The first kappa shape index (κ1) is 35.0. The fourth-order valence-corrected chi connectivity index (χ4v) is 12.1. The first-order valence-electron chi connectivity index (χ1n) is 18.3. The van der Waals surface area contributed by atoms with E-state index < -0.39 is 13.6 Å². The van der Waals surface area contributed by atoms with Crippen LogP contribution in [0.15, 0.2) is 144 Å². The van der Waals surface area contributed by atoms with Crippen LogP contribution in [-0.4, -0.2) is 27.4 Å². The van der Waals surface area contributed by atoms with Crippen LogP contribution in [-0.2, 0) is 33.8 Å². The zero-order valence-electron chi connectivity index (χ0n) is 29.1. The lowest BCUT2D eigenvalue weighted by Gasteiger charge is -2.36. The van der Waals surface area contributed by atoms with Crippen molar-refractivity contribution in [1.29, 1.82) is 0 Å². The molecule has 0 spiro atoms. The number of ether oxygens (including phenoxy) is 1. The molecule has 6 nitrogen and oxygen atoms in total. The van der Waals surface area contributed by atoms with Gasteiger partial charge in [0, 0.05) is 29.6 Å². The standard InChI is InChI=1S/C44H43BrN3O3P/c45-40-25-9-8-24-39(40)41(28-44(49)51-31-32-14-2-1-3-15-32)46-52(50)47(29-35-20-12-18-33-16-4-6-22-37(33)35)42-26-10-11-27-43(42)48(52)30-36-21-13-19-34-17-5-7-23-38(34)36/h1-9,12-25,41-43H,10-11,26-31H2,(H,46,50)/t41-,42-,43-/m1/s1. The van der Waals surface area contributed by atoms with Gasteiger partial charge in [-0.15, -0.1) is 0 Å². The molecule has 8 heteroatoms. The molecule has 8 rings (SSSR count). The van der Waals surface area contributed by atoms with Gasteiger partial charge in [-0.1, -0.05) is 162 Å². The smallest absolute Gasteiger partial charge is 0.308 e. The van der Waals surface area contributed by atoms with Gasteiger partial charge in [-0.05, 0) is 62.7 Å². The predicted octanol–water partition coefficient (Wildman–Crippen LogP) is 11.0. The summed E-state index contributed by atoms with van der Waals surface area (Å²) in [5.74, 6) is -0.346. The Kier molecular flexibility index (Phi) is 10.4. The van der Waals surface area contributed by atoms with E-state index in [2.05, 4.69) is 115 Å². The molecule has 264 valence electrons. The molecule has 1 N–H and O–H groups in total. The summed E-state index contributed by atoms with van der Waals surface area (Å²) >= 11 is 3.77. The van der Waals surface area contributed by atoms with Crippen LogP contribution in [0, 0.1) is 0 Å². The van der Waals surface area contributed by atoms with Gasteiger partial charge in [0.15, 0.2) is 0 Å². The van der Waals surface area contributed by atoms with Crippen LogP contribution < -0.4 is 5.09 Å². The summed E-state index contributed by atoms with van der Waals surface area (Å²) in [6.07, 6.45) is 4.14. The van der Waals surface area contributed by atoms with E-state index in [1.54, 1.807) is 0 Å². The second kappa shape index (κ2) is 15.5. The molecule has 0 bridgehead atoms. The highest BCUT2D eigenvalue weighted by Crippen LogP contribution is 2.63. The zero-order valence-corrected chi connectivity index (χ0v) is 31.6. The Balaban J connectivity index is 1.22. The second-order valence-corrected chi connectivity index (χ2v) is 17.2. The Bertz CT molecular complexity index is 2140. The number of nitrogens with one attached hydrogen (secondary N) is 1. The highest BCUT2D eigenvalue weighted by atomic mass is 79.9. The number of fused-ring (bicyclic) bond motifs is 3. The maximum atomic E-state index is 16.6. The monoisotopic (exact) mass is 771 g/mol. The minimum atomic E-state index is -3.57. The molecule has 1 saturated carbocycles. The van der Waals surface area contributed by atoms with Crippen molar-refractivity contribution in [2.24, 2.45) is 0 Å². The van der Waals surface area contributed by atoms with E-state index in [4.69, 9.17) is 4.74 Å². The van der Waals surface area contributed by atoms with E-state index in [0.29, 0.717) is 13.1 Å². The zero-order chi connectivity index (χ0) is 35.5. The number of rotatable bonds is 11. The fraction of sp³-hybridized carbons (Fsp3) is 0.250. The number of hydrogen-bond acceptors (Lipinski definition) is 3. The summed E-state index contributed by atoms with van der Waals surface area (Å²) < 4.78 is 27.8. The highest BCUT2D eigenvalue weighted by molar-refractivity contribution is 9.10. The lowest BCUT2D eigenvalue weighted by Crippen LogP contribution is -2.39. The summed E-state index contributed by atoms with van der Waals surface area (Å²) in [5, 5.41) is 8.42. The van der Waals surface area contributed by atoms with Crippen LogP contribution in [0.25, 0.3) is 21.5 Å². The van der Waals surface area contributed by atoms with Crippen molar-refractivity contribution in [2.45, 2.75) is 69.9 Å². The van der Waals surface area contributed by atoms with Gasteiger partial charge in [0.25, 0.3) is 7.59 Å². The Morgan fingerprint density at radius 3 is 1.81 bits per heavy atom. The molecular weight excluding hydrogens is 729 g/mol. The molecular formula is C44H43BrN3O3P. The molecule has 1 saturated heterocycles. The molecule has 1 aliphatic carbocycles. The van der Waals surface area contributed by atoms with E-state index in [9.17, 15) is 4.79 Å². The first-order chi connectivity index (χ1) is 25.5. The van der Waals surface area contributed by atoms with Crippen molar-refractivity contribution in [3.63, 3.8) is 0 Å². The predicted molar refractivity (Wildman–Crippen MR) is 214 cm³/mol. The van der Waals surface area contributed by atoms with Crippen LogP contribution in [0.5, 0.6) is 0 Å². The van der Waals surface area contributed by atoms with Crippen LogP contribution in [0.2, 0.25) is 0 Å². The topological polar surface area (TPSA) is 61.9 Å². The van der Waals surface area contributed by atoms with Gasteiger partial charge in [-0.25, -0.2) is 14.4 Å². The number of carbonyl (C=O) groups is 1. The third-order valence-corrected chi connectivity index (χ3v) is 14.4. The lowest BCUT2D eigenvalue weighted by atomic mass is 9.89. The van der Waals surface area contributed by atoms with Crippen LogP contribution in [0.1, 0.15) is 60.4 Å². The minimum Gasteiger partial charge on any atom is -0.461 e. The van der Waals surface area contributed by atoms with Gasteiger partial charge >= 0.3 is 5.97 Å². The van der Waals surface area contributed by atoms with Gasteiger partial charge in [-0.3, -0.25) is 9.36 Å². The van der Waals surface area contributed by atoms with Crippen LogP contribution in [0.4, 0.5) is 0 Å². The number of carbonyl (C=O) groups excluding carboxylic acids is 1. The molecule has 0 aromatic heterocycles. The van der Waals surface area contributed by atoms with E-state index in [1.165, 1.54) is 21.5 Å². The average Bonchev–Trinajstić information content (AvgIpc) is 3.40. The molecule has 6 aromatic carbocycles. The largest absolute Gasteiger partial charge is 0.461 e. The fourth-order valence-electron chi connectivity index (χ4n) is 8.27. The number of nitrogens with zero attached hydrogens (tertiary/aromatic N) is 2. The van der Waals surface area contributed by atoms with E-state index in [-0.39, 0.29) is 31.1 Å². The normalized spacial score (nSPS) is 19.4. The van der Waals surface area contributed by atoms with E-state index in [1.807, 2.05) is 54.6 Å². The molecule has 0 unspecified atom stereocenters. The van der Waals surface area contributed by atoms with Crippen LogP contribution in [0.3, 0.4) is 0 Å². The molecule has 2 fully saturated rings. The third-order valence-electron chi connectivity index (χ3n) is 10.8. The number of esters is 1. The number of benzene rings is 6. The van der Waals surface area contributed by atoms with Crippen molar-refractivity contribution in [1.82, 2.24) is 14.4 Å². The highest BCUT2D eigenvalue weighted by Gasteiger charge is 2.56. The number of hydrogen-bond donors (Lipinski definition) is 1. The average molecular weight is 773 g/mol. The summed E-state index contributed by atoms with van der Waals surface area (Å²) in [7, 11) is -3.57. The van der Waals surface area contributed by atoms with Crippen molar-refractivity contribution >= 4 is 51.0 Å². The van der Waals surface area contributed by atoms with Gasteiger partial charge in [0.05, 0.1) is 12.5 Å². The number of halogens is 1. The van der Waals surface area contributed by atoms with Crippen molar-refractivity contribution in [3.05, 3.63) is 166 Å². The van der Waals surface area contributed by atoms with Crippen LogP contribution >= 0.6 is 23.5 Å². The minimum absolute atomic E-state index is 0.0268. The molecule has 3 atom stereocenters. The van der Waals surface area contributed by atoms with E-state index >= 15 is 4.57 Å². The summed E-state index contributed by atoms with van der Waals surface area (Å²) in [6, 6.07) is 47.0. The Morgan fingerprint density at radius 2 is 1.21 bits per heavy atom. The molecule has 6 aromatic rings. The van der Waals surface area contributed by atoms with Crippen molar-refractivity contribution < 1.29 is 14.1 Å². The Labute approximate surface area is 314 Å². The van der Waals surface area contributed by atoms with Gasteiger partial charge < -0.3 is 4.74 Å². The molecule has 2 aliphatic rings. The van der Waals surface area contributed by atoms with E-state index in [0.717, 1.165) is 52.4 Å². The SMILES string of the molecule is O=C(C[C@@H](NP1(=O)N(Cc2cccc3ccccc23)[C@@H]2CCCC[C@H]2N1Cc1cccc2ccccc12)c1ccccc1Br)OCc1ccccc1. The van der Waals surface area contributed by atoms with Gasteiger partial charge in [0.2, 0.25) is 0 Å². The van der Waals surface area contributed by atoms with Crippen molar-refractivity contribution in [3.8, 4) is 0 Å². The first-order valence-corrected chi connectivity index (χ1v) is 20.7. The lowest BCUT2D eigenvalue weighted by molar-refractivity contribution is -0.145. The molecule has 1 heterocycles. The summed E-state index contributed by atoms with van der Waals surface area (Å²) in [5.41, 5.74) is 4.10. The Morgan fingerprint density at radius 1 is 0.692 bits per heavy atom. The van der Waals surface area contributed by atoms with Gasteiger partial charge in [-0.2, -0.15) is 0 Å². The molecule has 0 radical (unpaired) electrons. The summed E-state index contributed by atoms with van der Waals surface area (Å²) in [4.78, 5) is 13.7. The van der Waals surface area contributed by atoms with Crippen molar-refractivity contribution in [2.75, 3.05) is 0 Å². The molecule has 1 aliphatic heterocycles. The third kappa shape index (κ3) is 7.13. The summed E-state index contributed by atoms with van der Waals surface area (Å²) in [6.45, 7) is 1.24.